The van der Waals surface area contributed by atoms with E-state index in [-0.39, 0.29) is 17.9 Å². The van der Waals surface area contributed by atoms with Gasteiger partial charge >= 0.3 is 0 Å². The second-order valence-corrected chi connectivity index (χ2v) is 8.53. The second-order valence-electron chi connectivity index (χ2n) is 8.53. The summed E-state index contributed by atoms with van der Waals surface area (Å²) in [5.74, 6) is 1.84. The summed E-state index contributed by atoms with van der Waals surface area (Å²) < 4.78 is 7.24. The number of furan rings is 1. The number of hydrogen-bond donors (Lipinski definition) is 1. The fourth-order valence-electron chi connectivity index (χ4n) is 4.06. The Bertz CT molecular complexity index is 992. The van der Waals surface area contributed by atoms with Crippen molar-refractivity contribution in [3.63, 3.8) is 0 Å². The van der Waals surface area contributed by atoms with Crippen LogP contribution in [0.3, 0.4) is 0 Å². The average Bonchev–Trinajstić information content (AvgIpc) is 3.40. The Kier molecular flexibility index (Phi) is 6.51. The minimum absolute atomic E-state index is 0.157. The first kappa shape index (κ1) is 21.3. The van der Waals surface area contributed by atoms with E-state index in [2.05, 4.69) is 70.0 Å². The molecule has 3 aromatic rings. The zero-order valence-electron chi connectivity index (χ0n) is 18.5. The van der Waals surface area contributed by atoms with Crippen LogP contribution in [0.25, 0.3) is 0 Å². The first-order valence-electron chi connectivity index (χ1n) is 11.1. The third-order valence-electron chi connectivity index (χ3n) is 6.00. The van der Waals surface area contributed by atoms with Crippen molar-refractivity contribution < 1.29 is 9.21 Å². The van der Waals surface area contributed by atoms with E-state index in [0.29, 0.717) is 5.56 Å². The van der Waals surface area contributed by atoms with Crippen LogP contribution in [-0.2, 0) is 25.9 Å². The van der Waals surface area contributed by atoms with Crippen molar-refractivity contribution >= 4 is 5.91 Å². The van der Waals surface area contributed by atoms with Gasteiger partial charge in [0.15, 0.2) is 5.82 Å². The second kappa shape index (κ2) is 9.47. The molecule has 1 atom stereocenters. The maximum atomic E-state index is 12.6. The summed E-state index contributed by atoms with van der Waals surface area (Å²) in [7, 11) is 0. The van der Waals surface area contributed by atoms with Crippen LogP contribution in [0.2, 0.25) is 0 Å². The summed E-state index contributed by atoms with van der Waals surface area (Å²) in [6.07, 6.45) is 4.88. The predicted octanol–water partition coefficient (Wildman–Crippen LogP) is 3.62. The van der Waals surface area contributed by atoms with Crippen molar-refractivity contribution in [3.05, 3.63) is 71.2 Å². The van der Waals surface area contributed by atoms with E-state index in [4.69, 9.17) is 4.42 Å². The molecule has 7 heteroatoms. The number of amides is 1. The smallest absolute Gasteiger partial charge is 0.255 e. The maximum Gasteiger partial charge on any atom is 0.255 e. The Hall–Kier alpha value is -2.93. The van der Waals surface area contributed by atoms with E-state index in [1.807, 2.05) is 0 Å². The maximum absolute atomic E-state index is 12.6. The molecule has 7 nitrogen and oxygen atoms in total. The average molecular weight is 422 g/mol. The number of carbonyl (C=O) groups is 1. The Morgan fingerprint density at radius 3 is 2.55 bits per heavy atom. The highest BCUT2D eigenvalue weighted by atomic mass is 16.3. The molecule has 2 aromatic heterocycles. The molecular formula is C24H31N5O2. The highest BCUT2D eigenvalue weighted by molar-refractivity contribution is 5.94. The Morgan fingerprint density at radius 2 is 1.87 bits per heavy atom. The van der Waals surface area contributed by atoms with Gasteiger partial charge in [-0.15, -0.1) is 10.2 Å². The molecule has 4 rings (SSSR count). The van der Waals surface area contributed by atoms with Gasteiger partial charge in [-0.2, -0.15) is 0 Å². The third-order valence-corrected chi connectivity index (χ3v) is 6.00. The molecule has 1 aliphatic heterocycles. The largest absolute Gasteiger partial charge is 0.472 e. The fourth-order valence-corrected chi connectivity index (χ4v) is 4.06. The molecule has 31 heavy (non-hydrogen) atoms. The molecule has 0 bridgehead atoms. The molecule has 0 radical (unpaired) electrons. The quantitative estimate of drug-likeness (QED) is 0.631. The van der Waals surface area contributed by atoms with Crippen molar-refractivity contribution in [3.8, 4) is 0 Å². The number of rotatable bonds is 7. The van der Waals surface area contributed by atoms with E-state index in [9.17, 15) is 4.79 Å². The van der Waals surface area contributed by atoms with Crippen molar-refractivity contribution in [2.45, 2.75) is 52.7 Å². The molecule has 0 saturated carbocycles. The van der Waals surface area contributed by atoms with Crippen LogP contribution in [0, 0.1) is 5.92 Å². The van der Waals surface area contributed by atoms with E-state index in [0.717, 1.165) is 50.7 Å². The van der Waals surface area contributed by atoms with Crippen LogP contribution in [-0.4, -0.2) is 38.7 Å². The molecule has 0 saturated heterocycles. The minimum atomic E-state index is -0.211. The zero-order valence-corrected chi connectivity index (χ0v) is 18.5. The molecule has 1 N–H and O–H groups in total. The standard InChI is InChI=1S/C24H31N5O2/c1-4-18-5-7-19(8-6-18)15-28-11-9-21-26-27-23(29(21)13-12-28)22(17(2)3)25-24(30)20-10-14-31-16-20/h5-8,10,14,16-17,22H,4,9,11-13,15H2,1-3H3,(H,25,30)/t22-/m1/s1. The molecule has 0 fully saturated rings. The van der Waals surface area contributed by atoms with Crippen LogP contribution >= 0.6 is 0 Å². The van der Waals surface area contributed by atoms with Crippen molar-refractivity contribution in [1.82, 2.24) is 25.0 Å². The van der Waals surface area contributed by atoms with Crippen LogP contribution < -0.4 is 5.32 Å². The third kappa shape index (κ3) is 4.88. The molecule has 3 heterocycles. The SMILES string of the molecule is CCc1ccc(CN2CCc3nnc([C@H](NC(=O)c4ccoc4)C(C)C)n3CC2)cc1. The van der Waals surface area contributed by atoms with Gasteiger partial charge in [0.25, 0.3) is 5.91 Å². The number of aromatic nitrogens is 3. The van der Waals surface area contributed by atoms with Crippen LogP contribution in [0.5, 0.6) is 0 Å². The van der Waals surface area contributed by atoms with Crippen LogP contribution in [0.1, 0.15) is 59.9 Å². The molecule has 164 valence electrons. The van der Waals surface area contributed by atoms with E-state index < -0.39 is 0 Å². The summed E-state index contributed by atoms with van der Waals surface area (Å²) in [5.41, 5.74) is 3.22. The summed E-state index contributed by atoms with van der Waals surface area (Å²) in [6, 6.07) is 10.4. The van der Waals surface area contributed by atoms with Gasteiger partial charge in [0.05, 0.1) is 17.9 Å². The lowest BCUT2D eigenvalue weighted by atomic mass is 10.0. The van der Waals surface area contributed by atoms with E-state index in [1.54, 1.807) is 6.07 Å². The van der Waals surface area contributed by atoms with E-state index >= 15 is 0 Å². The molecule has 1 amide bonds. The highest BCUT2D eigenvalue weighted by Gasteiger charge is 2.28. The molecule has 1 aromatic carbocycles. The molecule has 0 spiro atoms. The summed E-state index contributed by atoms with van der Waals surface area (Å²) in [5, 5.41) is 12.1. The van der Waals surface area contributed by atoms with Crippen molar-refractivity contribution in [1.29, 1.82) is 0 Å². The number of nitrogens with one attached hydrogen (secondary N) is 1. The topological polar surface area (TPSA) is 76.2 Å². The van der Waals surface area contributed by atoms with Gasteiger partial charge in [-0.05, 0) is 29.5 Å². The minimum Gasteiger partial charge on any atom is -0.472 e. The number of fused-ring (bicyclic) bond motifs is 1. The molecular weight excluding hydrogens is 390 g/mol. The van der Waals surface area contributed by atoms with Crippen LogP contribution in [0.15, 0.2) is 47.3 Å². The van der Waals surface area contributed by atoms with Gasteiger partial charge < -0.3 is 14.3 Å². The Labute approximate surface area is 183 Å². The van der Waals surface area contributed by atoms with Gasteiger partial charge in [-0.3, -0.25) is 9.69 Å². The number of benzene rings is 1. The molecule has 0 unspecified atom stereocenters. The zero-order chi connectivity index (χ0) is 21.8. The highest BCUT2D eigenvalue weighted by Crippen LogP contribution is 2.23. The summed E-state index contributed by atoms with van der Waals surface area (Å²) in [6.45, 7) is 9.97. The fraction of sp³-hybridized carbons (Fsp3) is 0.458. The number of carbonyl (C=O) groups excluding carboxylic acids is 1. The summed E-state index contributed by atoms with van der Waals surface area (Å²) >= 11 is 0. The molecule has 0 aliphatic carbocycles. The lowest BCUT2D eigenvalue weighted by Crippen LogP contribution is -2.34. The number of nitrogens with zero attached hydrogens (tertiary/aromatic N) is 4. The predicted molar refractivity (Wildman–Crippen MR) is 119 cm³/mol. The first-order chi connectivity index (χ1) is 15.0. The lowest BCUT2D eigenvalue weighted by Gasteiger charge is -2.23. The Balaban J connectivity index is 1.46. The van der Waals surface area contributed by atoms with Crippen molar-refractivity contribution in [2.24, 2.45) is 5.92 Å². The van der Waals surface area contributed by atoms with Gasteiger partial charge in [0.1, 0.15) is 12.1 Å². The van der Waals surface area contributed by atoms with Gasteiger partial charge in [-0.25, -0.2) is 0 Å². The van der Waals surface area contributed by atoms with Crippen molar-refractivity contribution in [2.75, 3.05) is 13.1 Å². The van der Waals surface area contributed by atoms with E-state index in [1.165, 1.54) is 23.7 Å². The Morgan fingerprint density at radius 1 is 1.10 bits per heavy atom. The normalized spacial score (nSPS) is 15.5. The number of aryl methyl sites for hydroxylation is 1. The van der Waals surface area contributed by atoms with Gasteiger partial charge in [-0.1, -0.05) is 45.0 Å². The van der Waals surface area contributed by atoms with Gasteiger partial charge in [0, 0.05) is 32.6 Å². The summed E-state index contributed by atoms with van der Waals surface area (Å²) in [4.78, 5) is 15.1. The number of hydrogen-bond acceptors (Lipinski definition) is 5. The van der Waals surface area contributed by atoms with Gasteiger partial charge in [0.2, 0.25) is 0 Å². The lowest BCUT2D eigenvalue weighted by molar-refractivity contribution is 0.0921. The molecule has 1 aliphatic rings. The first-order valence-corrected chi connectivity index (χ1v) is 11.1. The monoisotopic (exact) mass is 421 g/mol. The van der Waals surface area contributed by atoms with Crippen LogP contribution in [0.4, 0.5) is 0 Å².